The number of hydrogen-bond donors (Lipinski definition) is 3. The zero-order valence-corrected chi connectivity index (χ0v) is 13.4. The summed E-state index contributed by atoms with van der Waals surface area (Å²) in [4.78, 5) is 17.7. The molecule has 0 aromatic rings. The molecule has 1 unspecified atom stereocenters. The molecule has 0 bridgehead atoms. The molecule has 122 valence electrons. The predicted molar refractivity (Wildman–Crippen MR) is 76.1 cm³/mol. The number of phosphoric acid groups is 1. The monoisotopic (exact) mass is 323 g/mol. The van der Waals surface area contributed by atoms with Gasteiger partial charge in [-0.2, -0.15) is 0 Å². The highest BCUT2D eigenvalue weighted by Crippen LogP contribution is 2.40. The molecule has 21 heavy (non-hydrogen) atoms. The quantitative estimate of drug-likeness (QED) is 0.293. The molecule has 1 aliphatic heterocycles. The van der Waals surface area contributed by atoms with Crippen molar-refractivity contribution >= 4 is 15.7 Å². The van der Waals surface area contributed by atoms with Crippen molar-refractivity contribution in [3.8, 4) is 0 Å². The summed E-state index contributed by atoms with van der Waals surface area (Å²) in [6, 6.07) is -0.739. The molecular formula is C11H23BNO7P. The zero-order chi connectivity index (χ0) is 16.0. The Labute approximate surface area is 126 Å². The Hall–Kier alpha value is 0.0149. The van der Waals surface area contributed by atoms with Crippen molar-refractivity contribution in [2.45, 2.75) is 43.8 Å². The molecule has 8 nitrogen and oxygen atoms in total. The van der Waals surface area contributed by atoms with Crippen LogP contribution in [0.1, 0.15) is 13.3 Å². The van der Waals surface area contributed by atoms with E-state index in [9.17, 15) is 4.57 Å². The SMILES string of the molecule is [B][C@@H]1O[C@H](C(C)OP(=O)(O)O)[C@@H](OC)[C@H]1OCCCNC. The Balaban J connectivity index is 2.61. The summed E-state index contributed by atoms with van der Waals surface area (Å²) in [5, 5.41) is 3.00. The highest BCUT2D eigenvalue weighted by Gasteiger charge is 2.47. The van der Waals surface area contributed by atoms with E-state index in [1.807, 2.05) is 7.05 Å². The van der Waals surface area contributed by atoms with Gasteiger partial charge < -0.3 is 29.3 Å². The third-order valence-corrected chi connectivity index (χ3v) is 3.81. The van der Waals surface area contributed by atoms with Gasteiger partial charge in [0, 0.05) is 19.7 Å². The molecule has 0 amide bonds. The van der Waals surface area contributed by atoms with Gasteiger partial charge in [0.15, 0.2) is 0 Å². The zero-order valence-electron chi connectivity index (χ0n) is 12.5. The highest BCUT2D eigenvalue weighted by atomic mass is 31.2. The molecule has 0 aromatic heterocycles. The molecule has 1 saturated heterocycles. The van der Waals surface area contributed by atoms with Crippen molar-refractivity contribution in [2.75, 3.05) is 27.3 Å². The van der Waals surface area contributed by atoms with Gasteiger partial charge in [-0.3, -0.25) is 4.52 Å². The van der Waals surface area contributed by atoms with E-state index in [4.69, 9.17) is 31.8 Å². The van der Waals surface area contributed by atoms with Crippen molar-refractivity contribution < 1.29 is 33.1 Å². The van der Waals surface area contributed by atoms with Crippen molar-refractivity contribution in [3.63, 3.8) is 0 Å². The maximum Gasteiger partial charge on any atom is 0.469 e. The summed E-state index contributed by atoms with van der Waals surface area (Å²) in [6.07, 6.45) is -1.87. The van der Waals surface area contributed by atoms with E-state index in [1.54, 1.807) is 0 Å². The minimum absolute atomic E-state index is 0.475. The fraction of sp³-hybridized carbons (Fsp3) is 1.00. The van der Waals surface area contributed by atoms with Gasteiger partial charge in [-0.25, -0.2) is 4.57 Å². The molecular weight excluding hydrogens is 300 g/mol. The highest BCUT2D eigenvalue weighted by molar-refractivity contribution is 7.46. The molecule has 5 atom stereocenters. The lowest BCUT2D eigenvalue weighted by atomic mass is 9.92. The normalized spacial score (nSPS) is 31.5. The summed E-state index contributed by atoms with van der Waals surface area (Å²) in [7, 11) is 4.56. The van der Waals surface area contributed by atoms with Gasteiger partial charge in [0.05, 0.1) is 6.10 Å². The van der Waals surface area contributed by atoms with Gasteiger partial charge in [0.1, 0.15) is 26.2 Å². The van der Waals surface area contributed by atoms with Crippen LogP contribution in [0.2, 0.25) is 0 Å². The van der Waals surface area contributed by atoms with Gasteiger partial charge in [-0.1, -0.05) is 0 Å². The van der Waals surface area contributed by atoms with E-state index in [2.05, 4.69) is 9.84 Å². The van der Waals surface area contributed by atoms with Crippen LogP contribution >= 0.6 is 7.82 Å². The molecule has 1 heterocycles. The Kier molecular flexibility index (Phi) is 7.80. The molecule has 2 radical (unpaired) electrons. The van der Waals surface area contributed by atoms with Crippen LogP contribution in [0, 0.1) is 0 Å². The molecule has 0 spiro atoms. The maximum atomic E-state index is 10.9. The number of phosphoric ester groups is 1. The number of methoxy groups -OCH3 is 1. The maximum absolute atomic E-state index is 10.9. The first-order chi connectivity index (χ1) is 9.80. The molecule has 1 rings (SSSR count). The fourth-order valence-corrected chi connectivity index (χ4v) is 2.84. The second-order valence-corrected chi connectivity index (χ2v) is 6.05. The van der Waals surface area contributed by atoms with Crippen molar-refractivity contribution in [2.24, 2.45) is 0 Å². The van der Waals surface area contributed by atoms with Crippen molar-refractivity contribution in [3.05, 3.63) is 0 Å². The van der Waals surface area contributed by atoms with Crippen molar-refractivity contribution in [1.29, 1.82) is 0 Å². The lowest BCUT2D eigenvalue weighted by Crippen LogP contribution is -2.41. The molecule has 3 N–H and O–H groups in total. The average Bonchev–Trinajstić information content (AvgIpc) is 2.69. The van der Waals surface area contributed by atoms with Crippen molar-refractivity contribution in [1.82, 2.24) is 5.32 Å². The lowest BCUT2D eigenvalue weighted by Gasteiger charge is -2.26. The predicted octanol–water partition coefficient (Wildman–Crippen LogP) is -0.613. The Bertz CT molecular complexity index is 355. The summed E-state index contributed by atoms with van der Waals surface area (Å²) in [5.41, 5.74) is 0. The van der Waals surface area contributed by atoms with E-state index in [0.29, 0.717) is 6.61 Å². The van der Waals surface area contributed by atoms with Crippen LogP contribution < -0.4 is 5.32 Å². The first kappa shape index (κ1) is 19.1. The van der Waals surface area contributed by atoms with Gasteiger partial charge >= 0.3 is 7.82 Å². The first-order valence-electron chi connectivity index (χ1n) is 6.74. The molecule has 0 saturated carbocycles. The van der Waals surface area contributed by atoms with E-state index in [0.717, 1.165) is 13.0 Å². The van der Waals surface area contributed by atoms with Crippen LogP contribution in [0.15, 0.2) is 0 Å². The minimum atomic E-state index is -4.61. The molecule has 0 aliphatic carbocycles. The Morgan fingerprint density at radius 2 is 2.10 bits per heavy atom. The van der Waals surface area contributed by atoms with Gasteiger partial charge in [0.2, 0.25) is 0 Å². The van der Waals surface area contributed by atoms with E-state index in [1.165, 1.54) is 14.0 Å². The smallest absolute Gasteiger partial charge is 0.376 e. The lowest BCUT2D eigenvalue weighted by molar-refractivity contribution is -0.0692. The van der Waals surface area contributed by atoms with Crippen LogP contribution in [0.3, 0.4) is 0 Å². The second kappa shape index (κ2) is 8.60. The number of ether oxygens (including phenoxy) is 3. The first-order valence-corrected chi connectivity index (χ1v) is 8.27. The summed E-state index contributed by atoms with van der Waals surface area (Å²) in [5.74, 6) is 0. The standard InChI is InChI=1S/C11H23BNO7P/c1-7(20-21(14,15)16)8-9(17-3)10(11(12)19-8)18-6-4-5-13-2/h7-11,13H,4-6H2,1-3H3,(H2,14,15,16)/t7?,8-,9-,10-,11-/m1/s1. The summed E-state index contributed by atoms with van der Waals surface area (Å²) in [6.45, 7) is 2.77. The third-order valence-electron chi connectivity index (χ3n) is 3.21. The Morgan fingerprint density at radius 1 is 1.43 bits per heavy atom. The third kappa shape index (κ3) is 5.96. The topological polar surface area (TPSA) is 106 Å². The van der Waals surface area contributed by atoms with E-state index >= 15 is 0 Å². The van der Waals surface area contributed by atoms with E-state index < -0.39 is 38.2 Å². The fourth-order valence-electron chi connectivity index (χ4n) is 2.29. The van der Waals surface area contributed by atoms with Crippen LogP contribution in [-0.2, 0) is 23.3 Å². The van der Waals surface area contributed by atoms with Crippen LogP contribution in [0.5, 0.6) is 0 Å². The number of nitrogens with one attached hydrogen (secondary N) is 1. The van der Waals surface area contributed by atoms with Gasteiger partial charge in [0.25, 0.3) is 0 Å². The van der Waals surface area contributed by atoms with E-state index in [-0.39, 0.29) is 0 Å². The van der Waals surface area contributed by atoms with Gasteiger partial charge in [-0.05, 0) is 26.9 Å². The number of hydrogen-bond acceptors (Lipinski definition) is 6. The Morgan fingerprint density at radius 3 is 2.62 bits per heavy atom. The molecule has 1 aliphatic rings. The minimum Gasteiger partial charge on any atom is -0.376 e. The van der Waals surface area contributed by atoms with Crippen LogP contribution in [0.4, 0.5) is 0 Å². The van der Waals surface area contributed by atoms with Gasteiger partial charge in [-0.15, -0.1) is 0 Å². The average molecular weight is 323 g/mol. The molecule has 10 heteroatoms. The summed E-state index contributed by atoms with van der Waals surface area (Å²) < 4.78 is 32.0. The van der Waals surface area contributed by atoms with Crippen LogP contribution in [0.25, 0.3) is 0 Å². The van der Waals surface area contributed by atoms with Crippen LogP contribution in [-0.4, -0.2) is 75.4 Å². The second-order valence-electron chi connectivity index (χ2n) is 4.86. The largest absolute Gasteiger partial charge is 0.469 e. The number of rotatable bonds is 9. The molecule has 1 fully saturated rings. The summed E-state index contributed by atoms with van der Waals surface area (Å²) >= 11 is 0. The molecule has 0 aromatic carbocycles.